The Labute approximate surface area is 139 Å². The standard InChI is InChI=1S/C20H16O4/c1-23-19(22)20-11-14-9-5-6-10-15(14)16(13-7-3-2-4-8-13)17(20)18(21)24-12-20/h2-10H,11-12H2,1H3/t20-/m1/s1. The molecule has 4 nitrogen and oxygen atoms in total. The second-order valence-corrected chi connectivity index (χ2v) is 6.10. The molecule has 120 valence electrons. The number of methoxy groups -OCH3 is 1. The highest BCUT2D eigenvalue weighted by atomic mass is 16.6. The van der Waals surface area contributed by atoms with Crippen LogP contribution in [-0.2, 0) is 25.5 Å². The molecule has 0 saturated carbocycles. The van der Waals surface area contributed by atoms with E-state index < -0.39 is 17.4 Å². The first-order valence-corrected chi connectivity index (χ1v) is 7.81. The van der Waals surface area contributed by atoms with Gasteiger partial charge in [0.15, 0.2) is 0 Å². The van der Waals surface area contributed by atoms with E-state index >= 15 is 0 Å². The van der Waals surface area contributed by atoms with Crippen molar-refractivity contribution in [2.45, 2.75) is 6.42 Å². The summed E-state index contributed by atoms with van der Waals surface area (Å²) in [6.07, 6.45) is 0.410. The summed E-state index contributed by atoms with van der Waals surface area (Å²) in [5.74, 6) is -0.861. The Kier molecular flexibility index (Phi) is 3.27. The van der Waals surface area contributed by atoms with Crippen LogP contribution in [0.5, 0.6) is 0 Å². The van der Waals surface area contributed by atoms with Gasteiger partial charge in [-0.3, -0.25) is 4.79 Å². The summed E-state index contributed by atoms with van der Waals surface area (Å²) in [5, 5.41) is 0. The predicted molar refractivity (Wildman–Crippen MR) is 88.0 cm³/mol. The van der Waals surface area contributed by atoms with Gasteiger partial charge in [-0.2, -0.15) is 0 Å². The molecule has 0 unspecified atom stereocenters. The predicted octanol–water partition coefficient (Wildman–Crippen LogP) is 2.76. The van der Waals surface area contributed by atoms with Gasteiger partial charge in [0.05, 0.1) is 12.7 Å². The largest absolute Gasteiger partial charge is 0.468 e. The van der Waals surface area contributed by atoms with E-state index in [-0.39, 0.29) is 6.61 Å². The third kappa shape index (κ3) is 1.92. The summed E-state index contributed by atoms with van der Waals surface area (Å²) >= 11 is 0. The molecule has 0 amide bonds. The highest BCUT2D eigenvalue weighted by molar-refractivity contribution is 6.11. The van der Waals surface area contributed by atoms with Crippen molar-refractivity contribution in [2.75, 3.05) is 13.7 Å². The third-order valence-electron chi connectivity index (χ3n) is 4.80. The SMILES string of the molecule is COC(=O)[C@]12COC(=O)C1=C(c1ccccc1)c1ccccc1C2. The lowest BCUT2D eigenvalue weighted by atomic mass is 9.68. The Hall–Kier alpha value is -2.88. The van der Waals surface area contributed by atoms with Crippen LogP contribution in [0.25, 0.3) is 5.57 Å². The quantitative estimate of drug-likeness (QED) is 0.799. The van der Waals surface area contributed by atoms with Crippen LogP contribution in [0.3, 0.4) is 0 Å². The van der Waals surface area contributed by atoms with Crippen molar-refractivity contribution in [2.24, 2.45) is 5.41 Å². The minimum Gasteiger partial charge on any atom is -0.468 e. The van der Waals surface area contributed by atoms with Gasteiger partial charge in [0.25, 0.3) is 0 Å². The normalized spacial score (nSPS) is 21.8. The molecule has 2 aliphatic rings. The maximum atomic E-state index is 12.6. The van der Waals surface area contributed by atoms with Crippen molar-refractivity contribution in [1.82, 2.24) is 0 Å². The lowest BCUT2D eigenvalue weighted by molar-refractivity contribution is -0.151. The van der Waals surface area contributed by atoms with Crippen molar-refractivity contribution in [3.63, 3.8) is 0 Å². The molecule has 1 aliphatic carbocycles. The molecule has 4 heteroatoms. The Morgan fingerprint density at radius 1 is 1.08 bits per heavy atom. The number of esters is 2. The molecule has 0 bridgehead atoms. The summed E-state index contributed by atoms with van der Waals surface area (Å²) in [5.41, 5.74) is 3.00. The van der Waals surface area contributed by atoms with Gasteiger partial charge in [-0.05, 0) is 23.1 Å². The molecule has 1 saturated heterocycles. The van der Waals surface area contributed by atoms with Gasteiger partial charge < -0.3 is 9.47 Å². The fourth-order valence-electron chi connectivity index (χ4n) is 3.72. The second-order valence-electron chi connectivity index (χ2n) is 6.10. The molecular weight excluding hydrogens is 304 g/mol. The maximum Gasteiger partial charge on any atom is 0.336 e. The van der Waals surface area contributed by atoms with Gasteiger partial charge >= 0.3 is 11.9 Å². The molecule has 1 heterocycles. The van der Waals surface area contributed by atoms with E-state index in [0.717, 1.165) is 22.3 Å². The number of ether oxygens (including phenoxy) is 2. The fourth-order valence-corrected chi connectivity index (χ4v) is 3.72. The van der Waals surface area contributed by atoms with E-state index in [9.17, 15) is 9.59 Å². The van der Waals surface area contributed by atoms with Crippen molar-refractivity contribution in [1.29, 1.82) is 0 Å². The summed E-state index contributed by atoms with van der Waals surface area (Å²) < 4.78 is 10.3. The van der Waals surface area contributed by atoms with Crippen LogP contribution in [-0.4, -0.2) is 25.7 Å². The van der Waals surface area contributed by atoms with Crippen LogP contribution >= 0.6 is 0 Å². The van der Waals surface area contributed by atoms with E-state index in [0.29, 0.717) is 12.0 Å². The van der Waals surface area contributed by atoms with E-state index in [1.165, 1.54) is 7.11 Å². The van der Waals surface area contributed by atoms with E-state index in [1.807, 2.05) is 54.6 Å². The van der Waals surface area contributed by atoms with E-state index in [4.69, 9.17) is 9.47 Å². The lowest BCUT2D eigenvalue weighted by Crippen LogP contribution is -2.40. The first-order chi connectivity index (χ1) is 11.7. The Morgan fingerprint density at radius 2 is 1.79 bits per heavy atom. The third-order valence-corrected chi connectivity index (χ3v) is 4.80. The number of benzene rings is 2. The van der Waals surface area contributed by atoms with Crippen molar-refractivity contribution in [3.05, 3.63) is 76.9 Å². The highest BCUT2D eigenvalue weighted by Gasteiger charge is 2.56. The molecule has 2 aromatic carbocycles. The summed E-state index contributed by atoms with van der Waals surface area (Å²) in [4.78, 5) is 25.2. The second kappa shape index (κ2) is 5.34. The topological polar surface area (TPSA) is 52.6 Å². The number of rotatable bonds is 2. The van der Waals surface area contributed by atoms with Gasteiger partial charge in [-0.25, -0.2) is 4.79 Å². The Bertz CT molecular complexity index is 866. The minimum atomic E-state index is -1.06. The first-order valence-electron chi connectivity index (χ1n) is 7.81. The number of fused-ring (bicyclic) bond motifs is 2. The van der Waals surface area contributed by atoms with Crippen LogP contribution < -0.4 is 0 Å². The molecule has 24 heavy (non-hydrogen) atoms. The molecule has 0 spiro atoms. The van der Waals surface area contributed by atoms with Crippen molar-refractivity contribution in [3.8, 4) is 0 Å². The molecule has 1 atom stereocenters. The average Bonchev–Trinajstić information content (AvgIpc) is 2.97. The molecule has 2 aromatic rings. The highest BCUT2D eigenvalue weighted by Crippen LogP contribution is 2.49. The fraction of sp³-hybridized carbons (Fsp3) is 0.200. The van der Waals surface area contributed by atoms with Gasteiger partial charge in [0, 0.05) is 5.57 Å². The average molecular weight is 320 g/mol. The number of hydrogen-bond acceptors (Lipinski definition) is 4. The zero-order valence-electron chi connectivity index (χ0n) is 13.2. The van der Waals surface area contributed by atoms with E-state index in [2.05, 4.69) is 0 Å². The smallest absolute Gasteiger partial charge is 0.336 e. The number of hydrogen-bond donors (Lipinski definition) is 0. The van der Waals surface area contributed by atoms with Gasteiger partial charge in [0.1, 0.15) is 12.0 Å². The van der Waals surface area contributed by atoms with Crippen LogP contribution in [0.4, 0.5) is 0 Å². The Balaban J connectivity index is 2.08. The van der Waals surface area contributed by atoms with Gasteiger partial charge in [0.2, 0.25) is 0 Å². The van der Waals surface area contributed by atoms with Gasteiger partial charge in [-0.1, -0.05) is 54.6 Å². The number of carbonyl (C=O) groups is 2. The monoisotopic (exact) mass is 320 g/mol. The summed E-state index contributed by atoms with van der Waals surface area (Å²) in [7, 11) is 1.35. The zero-order valence-corrected chi connectivity index (χ0v) is 13.2. The molecule has 0 aromatic heterocycles. The zero-order chi connectivity index (χ0) is 16.7. The molecule has 0 radical (unpaired) electrons. The summed E-state index contributed by atoms with van der Waals surface area (Å²) in [6.45, 7) is 0.0263. The van der Waals surface area contributed by atoms with Crippen LogP contribution in [0.2, 0.25) is 0 Å². The molecule has 1 aliphatic heterocycles. The van der Waals surface area contributed by atoms with Crippen molar-refractivity contribution >= 4 is 17.5 Å². The number of cyclic esters (lactones) is 1. The van der Waals surface area contributed by atoms with Crippen LogP contribution in [0, 0.1) is 5.41 Å². The lowest BCUT2D eigenvalue weighted by Gasteiger charge is -2.32. The molecule has 1 fully saturated rings. The van der Waals surface area contributed by atoms with Gasteiger partial charge in [-0.15, -0.1) is 0 Å². The number of carbonyl (C=O) groups excluding carboxylic acids is 2. The van der Waals surface area contributed by atoms with Crippen LogP contribution in [0.15, 0.2) is 60.2 Å². The van der Waals surface area contributed by atoms with Crippen LogP contribution in [0.1, 0.15) is 16.7 Å². The molecule has 4 rings (SSSR count). The first kappa shape index (κ1) is 14.7. The molecule has 0 N–H and O–H groups in total. The van der Waals surface area contributed by atoms with Crippen molar-refractivity contribution < 1.29 is 19.1 Å². The molecular formula is C20H16O4. The summed E-state index contributed by atoms with van der Waals surface area (Å²) in [6, 6.07) is 17.5. The minimum absolute atomic E-state index is 0.0263. The van der Waals surface area contributed by atoms with E-state index in [1.54, 1.807) is 0 Å². The Morgan fingerprint density at radius 3 is 2.54 bits per heavy atom. The maximum absolute atomic E-state index is 12.6.